The van der Waals surface area contributed by atoms with Crippen LogP contribution in [0.3, 0.4) is 0 Å². The van der Waals surface area contributed by atoms with Crippen molar-refractivity contribution in [1.29, 1.82) is 0 Å². The molecule has 7 nitrogen and oxygen atoms in total. The molecule has 1 atom stereocenters. The highest BCUT2D eigenvalue weighted by Crippen LogP contribution is 2.38. The van der Waals surface area contributed by atoms with Crippen molar-refractivity contribution in [3.8, 4) is 0 Å². The molecular formula is C17H26N4O3. The average molecular weight is 334 g/mol. The summed E-state index contributed by atoms with van der Waals surface area (Å²) < 4.78 is 11.1. The van der Waals surface area contributed by atoms with Crippen LogP contribution in [-0.4, -0.2) is 64.7 Å². The number of ether oxygens (including phenoxy) is 1. The molecule has 3 aliphatic rings. The molecular weight excluding hydrogens is 308 g/mol. The molecule has 2 aliphatic heterocycles. The third-order valence-corrected chi connectivity index (χ3v) is 5.08. The van der Waals surface area contributed by atoms with Crippen LogP contribution < -0.4 is 0 Å². The molecule has 1 unspecified atom stereocenters. The van der Waals surface area contributed by atoms with Crippen molar-refractivity contribution >= 4 is 5.91 Å². The Morgan fingerprint density at radius 2 is 2.04 bits per heavy atom. The summed E-state index contributed by atoms with van der Waals surface area (Å²) in [6.07, 6.45) is 6.91. The Kier molecular flexibility index (Phi) is 4.80. The molecule has 0 bridgehead atoms. The molecule has 1 aromatic heterocycles. The third-order valence-electron chi connectivity index (χ3n) is 5.08. The maximum absolute atomic E-state index is 12.5. The fraction of sp³-hybridized carbons (Fsp3) is 0.824. The zero-order valence-electron chi connectivity index (χ0n) is 14.2. The Morgan fingerprint density at radius 3 is 2.75 bits per heavy atom. The van der Waals surface area contributed by atoms with Crippen LogP contribution in [0.1, 0.15) is 56.2 Å². The first-order valence-corrected chi connectivity index (χ1v) is 9.22. The largest absolute Gasteiger partial charge is 0.377 e. The molecule has 24 heavy (non-hydrogen) atoms. The molecule has 1 aromatic rings. The van der Waals surface area contributed by atoms with Crippen molar-refractivity contribution < 1.29 is 14.1 Å². The minimum Gasteiger partial charge on any atom is -0.377 e. The van der Waals surface area contributed by atoms with Crippen molar-refractivity contribution in [1.82, 2.24) is 19.9 Å². The number of hydrogen-bond donors (Lipinski definition) is 0. The van der Waals surface area contributed by atoms with E-state index < -0.39 is 0 Å². The molecule has 0 aromatic carbocycles. The van der Waals surface area contributed by atoms with Crippen LogP contribution in [0.5, 0.6) is 0 Å². The predicted molar refractivity (Wildman–Crippen MR) is 86.3 cm³/mol. The van der Waals surface area contributed by atoms with Gasteiger partial charge in [-0.15, -0.1) is 0 Å². The summed E-state index contributed by atoms with van der Waals surface area (Å²) in [5.74, 6) is 2.11. The Balaban J connectivity index is 1.38. The average Bonchev–Trinajstić information content (AvgIpc) is 3.03. The Bertz CT molecular complexity index is 560. The summed E-state index contributed by atoms with van der Waals surface area (Å²) in [7, 11) is 0. The van der Waals surface area contributed by atoms with Gasteiger partial charge in [0.2, 0.25) is 11.8 Å². The van der Waals surface area contributed by atoms with Crippen molar-refractivity contribution in [2.45, 2.75) is 57.1 Å². The molecule has 132 valence electrons. The highest BCUT2D eigenvalue weighted by Gasteiger charge is 2.30. The summed E-state index contributed by atoms with van der Waals surface area (Å²) in [6, 6.07) is 0. The van der Waals surface area contributed by atoms with E-state index in [1.165, 1.54) is 0 Å². The van der Waals surface area contributed by atoms with E-state index in [4.69, 9.17) is 9.26 Å². The molecule has 1 aliphatic carbocycles. The van der Waals surface area contributed by atoms with Gasteiger partial charge in [-0.1, -0.05) is 5.16 Å². The van der Waals surface area contributed by atoms with E-state index in [1.54, 1.807) is 0 Å². The molecule has 2 saturated heterocycles. The number of hydrogen-bond acceptors (Lipinski definition) is 6. The van der Waals surface area contributed by atoms with E-state index in [2.05, 4.69) is 15.0 Å². The van der Waals surface area contributed by atoms with Gasteiger partial charge in [-0.05, 0) is 38.5 Å². The van der Waals surface area contributed by atoms with E-state index in [1.807, 2.05) is 4.90 Å². The Morgan fingerprint density at radius 1 is 1.21 bits per heavy atom. The van der Waals surface area contributed by atoms with Crippen LogP contribution in [0.15, 0.2) is 4.52 Å². The van der Waals surface area contributed by atoms with Crippen LogP contribution in [0, 0.1) is 0 Å². The van der Waals surface area contributed by atoms with Gasteiger partial charge in [-0.25, -0.2) is 0 Å². The fourth-order valence-electron chi connectivity index (χ4n) is 3.55. The first-order chi connectivity index (χ1) is 11.8. The van der Waals surface area contributed by atoms with Gasteiger partial charge < -0.3 is 14.2 Å². The highest BCUT2D eigenvalue weighted by atomic mass is 16.5. The van der Waals surface area contributed by atoms with Gasteiger partial charge >= 0.3 is 0 Å². The summed E-state index contributed by atoms with van der Waals surface area (Å²) in [5.41, 5.74) is 0. The van der Waals surface area contributed by atoms with Crippen LogP contribution in [0.4, 0.5) is 0 Å². The normalized spacial score (nSPS) is 24.2. The van der Waals surface area contributed by atoms with Crippen molar-refractivity contribution in [3.63, 3.8) is 0 Å². The van der Waals surface area contributed by atoms with Gasteiger partial charge in [0.05, 0.1) is 19.2 Å². The molecule has 4 rings (SSSR count). The van der Waals surface area contributed by atoms with E-state index in [0.717, 1.165) is 70.7 Å². The minimum absolute atomic E-state index is 0.205. The maximum atomic E-state index is 12.5. The molecule has 3 fully saturated rings. The first-order valence-electron chi connectivity index (χ1n) is 9.22. The molecule has 1 amide bonds. The number of carbonyl (C=O) groups is 1. The molecule has 0 radical (unpaired) electrons. The van der Waals surface area contributed by atoms with Crippen molar-refractivity contribution in [3.05, 3.63) is 11.7 Å². The van der Waals surface area contributed by atoms with Gasteiger partial charge in [0.15, 0.2) is 5.82 Å². The molecule has 0 spiro atoms. The number of carbonyl (C=O) groups excluding carboxylic acids is 1. The molecule has 7 heteroatoms. The lowest BCUT2D eigenvalue weighted by Crippen LogP contribution is -2.41. The molecule has 3 heterocycles. The Hall–Kier alpha value is -1.47. The Labute approximate surface area is 142 Å². The zero-order chi connectivity index (χ0) is 16.4. The van der Waals surface area contributed by atoms with Crippen LogP contribution in [-0.2, 0) is 16.1 Å². The summed E-state index contributed by atoms with van der Waals surface area (Å²) in [6.45, 7) is 4.32. The van der Waals surface area contributed by atoms with Crippen LogP contribution >= 0.6 is 0 Å². The predicted octanol–water partition coefficient (Wildman–Crippen LogP) is 1.55. The van der Waals surface area contributed by atoms with Crippen LogP contribution in [0.2, 0.25) is 0 Å². The first kappa shape index (κ1) is 16.0. The standard InChI is InChI=1S/C17H26N4O3/c22-16(21-7-1-2-8-21)12-20(10-14-4-3-9-23-14)11-15-18-17(24-19-15)13-5-6-13/h13-14H,1-12H2. The second kappa shape index (κ2) is 7.19. The number of aromatic nitrogens is 2. The van der Waals surface area contributed by atoms with E-state index in [9.17, 15) is 4.79 Å². The van der Waals surface area contributed by atoms with Gasteiger partial charge in [0, 0.05) is 32.2 Å². The zero-order valence-corrected chi connectivity index (χ0v) is 14.2. The number of likely N-dealkylation sites (tertiary alicyclic amines) is 1. The summed E-state index contributed by atoms with van der Waals surface area (Å²) in [4.78, 5) is 21.1. The lowest BCUT2D eigenvalue weighted by atomic mass is 10.2. The second-order valence-electron chi connectivity index (χ2n) is 7.22. The minimum atomic E-state index is 0.205. The quantitative estimate of drug-likeness (QED) is 0.753. The monoisotopic (exact) mass is 334 g/mol. The second-order valence-corrected chi connectivity index (χ2v) is 7.22. The highest BCUT2D eigenvalue weighted by molar-refractivity contribution is 5.78. The van der Waals surface area contributed by atoms with Gasteiger partial charge in [0.25, 0.3) is 0 Å². The van der Waals surface area contributed by atoms with Crippen LogP contribution in [0.25, 0.3) is 0 Å². The molecule has 0 N–H and O–H groups in total. The smallest absolute Gasteiger partial charge is 0.236 e. The summed E-state index contributed by atoms with van der Waals surface area (Å²) >= 11 is 0. The fourth-order valence-corrected chi connectivity index (χ4v) is 3.55. The van der Waals surface area contributed by atoms with E-state index >= 15 is 0 Å². The van der Waals surface area contributed by atoms with Gasteiger partial charge in [-0.3, -0.25) is 9.69 Å². The van der Waals surface area contributed by atoms with Crippen molar-refractivity contribution in [2.75, 3.05) is 32.8 Å². The number of nitrogens with zero attached hydrogens (tertiary/aromatic N) is 4. The summed E-state index contributed by atoms with van der Waals surface area (Å²) in [5, 5.41) is 4.10. The van der Waals surface area contributed by atoms with Crippen molar-refractivity contribution in [2.24, 2.45) is 0 Å². The number of amides is 1. The lowest BCUT2D eigenvalue weighted by Gasteiger charge is -2.25. The lowest BCUT2D eigenvalue weighted by molar-refractivity contribution is -0.131. The van der Waals surface area contributed by atoms with Gasteiger partial charge in [0.1, 0.15) is 0 Å². The van der Waals surface area contributed by atoms with E-state index in [0.29, 0.717) is 24.8 Å². The SMILES string of the molecule is O=C(CN(Cc1noc(C2CC2)n1)CC1CCCO1)N1CCCC1. The van der Waals surface area contributed by atoms with Gasteiger partial charge in [-0.2, -0.15) is 4.98 Å². The van der Waals surface area contributed by atoms with E-state index in [-0.39, 0.29) is 12.0 Å². The number of rotatable bonds is 7. The maximum Gasteiger partial charge on any atom is 0.236 e. The topological polar surface area (TPSA) is 71.7 Å². The molecule has 1 saturated carbocycles. The third kappa shape index (κ3) is 3.95.